The molecule has 1 saturated heterocycles. The summed E-state index contributed by atoms with van der Waals surface area (Å²) < 4.78 is 17.9. The molecule has 0 aromatic heterocycles. The number of carbonyl (C=O) groups excluding carboxylic acids is 1. The van der Waals surface area contributed by atoms with Gasteiger partial charge in [-0.15, -0.1) is 0 Å². The molecular formula is C28H29N3O4S. The minimum Gasteiger partial charge on any atom is -0.497 e. The lowest BCUT2D eigenvalue weighted by Crippen LogP contribution is -2.72. The molecule has 0 aliphatic carbocycles. The van der Waals surface area contributed by atoms with Crippen LogP contribution in [0.3, 0.4) is 0 Å². The first kappa shape index (κ1) is 23.9. The van der Waals surface area contributed by atoms with Crippen LogP contribution in [0.5, 0.6) is 17.2 Å². The number of methoxy groups -OCH3 is 1. The highest BCUT2D eigenvalue weighted by Gasteiger charge is 2.59. The SMILES string of the molecule is CCOc1cccc2c1O[C@@]1(C)[C@@H](C(=O)Nc3ccc(OC)cc3)[C@H]2NC(=S)N1c1cccc(C)c1. The van der Waals surface area contributed by atoms with Gasteiger partial charge in [0.05, 0.1) is 19.8 Å². The maximum atomic E-state index is 13.9. The maximum absolute atomic E-state index is 13.9. The average Bonchev–Trinajstić information content (AvgIpc) is 2.84. The largest absolute Gasteiger partial charge is 0.497 e. The van der Waals surface area contributed by atoms with Crippen LogP contribution in [0.4, 0.5) is 11.4 Å². The first-order valence-corrected chi connectivity index (χ1v) is 12.3. The first-order valence-electron chi connectivity index (χ1n) is 11.9. The van der Waals surface area contributed by atoms with E-state index in [0.717, 1.165) is 16.8 Å². The summed E-state index contributed by atoms with van der Waals surface area (Å²) in [6.45, 7) is 6.37. The molecule has 0 unspecified atom stereocenters. The van der Waals surface area contributed by atoms with Gasteiger partial charge in [0.1, 0.15) is 11.7 Å². The summed E-state index contributed by atoms with van der Waals surface area (Å²) in [7, 11) is 1.61. The van der Waals surface area contributed by atoms with Crippen molar-refractivity contribution in [1.82, 2.24) is 5.32 Å². The van der Waals surface area contributed by atoms with Crippen LogP contribution in [0, 0.1) is 12.8 Å². The predicted octanol–water partition coefficient (Wildman–Crippen LogP) is 5.20. The third-order valence-electron chi connectivity index (χ3n) is 6.69. The molecule has 3 aromatic carbocycles. The molecule has 8 heteroatoms. The lowest BCUT2D eigenvalue weighted by Gasteiger charge is -2.56. The van der Waals surface area contributed by atoms with Gasteiger partial charge in [-0.3, -0.25) is 9.69 Å². The molecule has 5 rings (SSSR count). The number of thiocarbonyl (C=S) groups is 1. The Morgan fingerprint density at radius 2 is 1.92 bits per heavy atom. The molecule has 2 aliphatic rings. The van der Waals surface area contributed by atoms with Gasteiger partial charge in [0.2, 0.25) is 5.91 Å². The molecule has 2 bridgehead atoms. The van der Waals surface area contributed by atoms with Crippen molar-refractivity contribution in [2.75, 3.05) is 23.9 Å². The van der Waals surface area contributed by atoms with E-state index < -0.39 is 17.7 Å². The van der Waals surface area contributed by atoms with Crippen LogP contribution in [0.1, 0.15) is 31.0 Å². The number of fused-ring (bicyclic) bond motifs is 4. The number of carbonyl (C=O) groups is 1. The van der Waals surface area contributed by atoms with Gasteiger partial charge in [-0.1, -0.05) is 24.3 Å². The fraction of sp³-hybridized carbons (Fsp3) is 0.286. The second-order valence-electron chi connectivity index (χ2n) is 9.06. The summed E-state index contributed by atoms with van der Waals surface area (Å²) in [5.41, 5.74) is 2.29. The van der Waals surface area contributed by atoms with E-state index in [1.807, 2.05) is 92.4 Å². The van der Waals surface area contributed by atoms with E-state index in [1.165, 1.54) is 0 Å². The van der Waals surface area contributed by atoms with Crippen LogP contribution in [-0.2, 0) is 4.79 Å². The fourth-order valence-corrected chi connectivity index (χ4v) is 5.50. The number of ether oxygens (including phenoxy) is 3. The monoisotopic (exact) mass is 503 g/mol. The standard InChI is InChI=1S/C28H29N3O4S/c1-5-34-22-11-7-10-21-24-23(26(32)29-18-12-14-20(33-4)15-13-18)28(3,35-25(21)22)31(27(36)30-24)19-9-6-8-17(2)16-19/h6-16,23-24H,5H2,1-4H3,(H,29,32)(H,30,36)/t23-,24+,28+/m1/s1. The number of nitrogens with zero attached hydrogens (tertiary/aromatic N) is 1. The van der Waals surface area contributed by atoms with E-state index in [2.05, 4.69) is 10.6 Å². The minimum atomic E-state index is -1.13. The Hall–Kier alpha value is -3.78. The molecular weight excluding hydrogens is 474 g/mol. The van der Waals surface area contributed by atoms with Crippen LogP contribution >= 0.6 is 12.2 Å². The van der Waals surface area contributed by atoms with Gasteiger partial charge >= 0.3 is 0 Å². The molecule has 36 heavy (non-hydrogen) atoms. The van der Waals surface area contributed by atoms with Gasteiger partial charge in [-0.25, -0.2) is 0 Å². The van der Waals surface area contributed by atoms with Crippen LogP contribution in [0.15, 0.2) is 66.7 Å². The van der Waals surface area contributed by atoms with E-state index in [9.17, 15) is 4.79 Å². The van der Waals surface area contributed by atoms with Crippen LogP contribution in [0.2, 0.25) is 0 Å². The highest BCUT2D eigenvalue weighted by molar-refractivity contribution is 7.80. The van der Waals surface area contributed by atoms with E-state index in [1.54, 1.807) is 7.11 Å². The van der Waals surface area contributed by atoms with Crippen LogP contribution in [-0.4, -0.2) is 30.5 Å². The van der Waals surface area contributed by atoms with Crippen molar-refractivity contribution in [3.05, 3.63) is 77.9 Å². The summed E-state index contributed by atoms with van der Waals surface area (Å²) in [5, 5.41) is 7.01. The second-order valence-corrected chi connectivity index (χ2v) is 9.45. The quantitative estimate of drug-likeness (QED) is 0.448. The molecule has 7 nitrogen and oxygen atoms in total. The number of rotatable bonds is 6. The highest BCUT2D eigenvalue weighted by atomic mass is 32.1. The summed E-state index contributed by atoms with van der Waals surface area (Å²) in [5.74, 6) is 1.14. The Morgan fingerprint density at radius 1 is 1.17 bits per heavy atom. The number of para-hydroxylation sites is 1. The third kappa shape index (κ3) is 4.01. The van der Waals surface area contributed by atoms with Crippen molar-refractivity contribution >= 4 is 34.6 Å². The summed E-state index contributed by atoms with van der Waals surface area (Å²) in [6.07, 6.45) is 0. The highest BCUT2D eigenvalue weighted by Crippen LogP contribution is 2.52. The van der Waals surface area contributed by atoms with E-state index in [-0.39, 0.29) is 5.91 Å². The predicted molar refractivity (Wildman–Crippen MR) is 144 cm³/mol. The van der Waals surface area contributed by atoms with E-state index in [4.69, 9.17) is 26.4 Å². The molecule has 1 amide bonds. The Morgan fingerprint density at radius 3 is 2.61 bits per heavy atom. The van der Waals surface area contributed by atoms with Crippen molar-refractivity contribution in [1.29, 1.82) is 0 Å². The number of anilines is 2. The molecule has 0 saturated carbocycles. The zero-order valence-corrected chi connectivity index (χ0v) is 21.5. The van der Waals surface area contributed by atoms with Crippen molar-refractivity contribution in [3.63, 3.8) is 0 Å². The van der Waals surface area contributed by atoms with Gasteiger partial charge in [-0.2, -0.15) is 0 Å². The van der Waals surface area contributed by atoms with Gasteiger partial charge in [0.25, 0.3) is 0 Å². The summed E-state index contributed by atoms with van der Waals surface area (Å²) >= 11 is 5.85. The Bertz CT molecular complexity index is 1310. The average molecular weight is 504 g/mol. The number of hydrogen-bond donors (Lipinski definition) is 2. The molecule has 0 radical (unpaired) electrons. The Balaban J connectivity index is 1.62. The normalized spacial score (nSPS) is 22.1. The molecule has 0 spiro atoms. The van der Waals surface area contributed by atoms with Gasteiger partial charge < -0.3 is 24.8 Å². The zero-order chi connectivity index (χ0) is 25.4. The summed E-state index contributed by atoms with van der Waals surface area (Å²) in [6, 6.07) is 20.6. The van der Waals surface area contributed by atoms with Crippen molar-refractivity contribution in [2.45, 2.75) is 32.5 Å². The van der Waals surface area contributed by atoms with Gasteiger partial charge in [0, 0.05) is 16.9 Å². The smallest absolute Gasteiger partial charge is 0.236 e. The van der Waals surface area contributed by atoms with Crippen LogP contribution in [0.25, 0.3) is 0 Å². The van der Waals surface area contributed by atoms with Crippen molar-refractivity contribution in [3.8, 4) is 17.2 Å². The minimum absolute atomic E-state index is 0.187. The molecule has 3 aromatic rings. The summed E-state index contributed by atoms with van der Waals surface area (Å²) in [4.78, 5) is 15.8. The topological polar surface area (TPSA) is 72.1 Å². The van der Waals surface area contributed by atoms with Crippen molar-refractivity contribution < 1.29 is 19.0 Å². The van der Waals surface area contributed by atoms with Gasteiger partial charge in [0.15, 0.2) is 22.3 Å². The van der Waals surface area contributed by atoms with E-state index >= 15 is 0 Å². The van der Waals surface area contributed by atoms with Crippen molar-refractivity contribution in [2.24, 2.45) is 5.92 Å². The number of aryl methyl sites for hydroxylation is 1. The lowest BCUT2D eigenvalue weighted by atomic mass is 9.78. The van der Waals surface area contributed by atoms with Crippen LogP contribution < -0.4 is 29.7 Å². The molecule has 2 heterocycles. The first-order chi connectivity index (χ1) is 17.4. The van der Waals surface area contributed by atoms with Gasteiger partial charge in [-0.05, 0) is 81.0 Å². The number of amides is 1. The molecule has 2 N–H and O–H groups in total. The number of benzene rings is 3. The second kappa shape index (κ2) is 9.35. The van der Waals surface area contributed by atoms with E-state index in [0.29, 0.717) is 34.7 Å². The Kier molecular flexibility index (Phi) is 6.22. The maximum Gasteiger partial charge on any atom is 0.236 e. The molecule has 186 valence electrons. The molecule has 2 aliphatic heterocycles. The third-order valence-corrected chi connectivity index (χ3v) is 6.99. The molecule has 1 fully saturated rings. The lowest BCUT2D eigenvalue weighted by molar-refractivity contribution is -0.130. The Labute approximate surface area is 216 Å². The number of hydrogen-bond acceptors (Lipinski definition) is 5. The molecule has 3 atom stereocenters. The number of nitrogens with one attached hydrogen (secondary N) is 2. The zero-order valence-electron chi connectivity index (χ0n) is 20.7. The fourth-order valence-electron chi connectivity index (χ4n) is 5.09.